The van der Waals surface area contributed by atoms with E-state index >= 15 is 0 Å². The lowest BCUT2D eigenvalue weighted by Gasteiger charge is -2.21. The molecule has 0 saturated carbocycles. The van der Waals surface area contributed by atoms with Crippen molar-refractivity contribution in [1.82, 2.24) is 0 Å². The number of nitrogens with two attached hydrogens (primary N) is 1. The highest BCUT2D eigenvalue weighted by atomic mass is 16.6. The van der Waals surface area contributed by atoms with Gasteiger partial charge in [-0.25, -0.2) is 0 Å². The maximum atomic E-state index is 11.8. The Hall–Kier alpha value is -1.75. The van der Waals surface area contributed by atoms with Gasteiger partial charge in [0.25, 0.3) is 0 Å². The predicted molar refractivity (Wildman–Crippen MR) is 62.0 cm³/mol. The molecule has 5 heteroatoms. The fourth-order valence-corrected chi connectivity index (χ4v) is 1.68. The van der Waals surface area contributed by atoms with Crippen LogP contribution in [-0.4, -0.2) is 32.1 Å². The zero-order chi connectivity index (χ0) is 12.4. The van der Waals surface area contributed by atoms with Gasteiger partial charge in [-0.15, -0.1) is 0 Å². The fourth-order valence-electron chi connectivity index (χ4n) is 1.68. The molecule has 0 saturated heterocycles. The van der Waals surface area contributed by atoms with Crippen LogP contribution in [0.4, 0.5) is 0 Å². The van der Waals surface area contributed by atoms with E-state index in [2.05, 4.69) is 0 Å². The second-order valence-electron chi connectivity index (χ2n) is 3.86. The van der Waals surface area contributed by atoms with E-state index in [4.69, 9.17) is 19.9 Å². The first-order valence-corrected chi connectivity index (χ1v) is 5.41. The van der Waals surface area contributed by atoms with Gasteiger partial charge in [-0.2, -0.15) is 0 Å². The SMILES string of the molecule is COc1cc(C(=O)C(C)N)cc2c1OCCO2. The molecule has 5 nitrogen and oxygen atoms in total. The number of hydrogen-bond acceptors (Lipinski definition) is 5. The molecule has 1 aliphatic heterocycles. The number of fused-ring (bicyclic) bond motifs is 1. The number of benzene rings is 1. The summed E-state index contributed by atoms with van der Waals surface area (Å²) in [4.78, 5) is 11.8. The number of rotatable bonds is 3. The van der Waals surface area contributed by atoms with Crippen LogP contribution in [0.1, 0.15) is 17.3 Å². The van der Waals surface area contributed by atoms with Crippen LogP contribution in [0.5, 0.6) is 17.2 Å². The number of Topliss-reactive ketones (excluding diaryl/α,β-unsaturated/α-hetero) is 1. The highest BCUT2D eigenvalue weighted by Gasteiger charge is 2.21. The van der Waals surface area contributed by atoms with Crippen molar-refractivity contribution in [3.8, 4) is 17.2 Å². The lowest BCUT2D eigenvalue weighted by molar-refractivity contribution is 0.0966. The summed E-state index contributed by atoms with van der Waals surface area (Å²) < 4.78 is 16.1. The van der Waals surface area contributed by atoms with Crippen molar-refractivity contribution in [3.63, 3.8) is 0 Å². The predicted octanol–water partition coefficient (Wildman–Crippen LogP) is 0.996. The van der Waals surface area contributed by atoms with E-state index in [0.717, 1.165) is 0 Å². The second-order valence-corrected chi connectivity index (χ2v) is 3.86. The zero-order valence-corrected chi connectivity index (χ0v) is 9.86. The average Bonchev–Trinajstić information content (AvgIpc) is 2.36. The quantitative estimate of drug-likeness (QED) is 0.794. The highest BCUT2D eigenvalue weighted by molar-refractivity contribution is 6.00. The molecule has 1 aliphatic rings. The minimum atomic E-state index is -0.553. The van der Waals surface area contributed by atoms with Crippen molar-refractivity contribution in [2.45, 2.75) is 13.0 Å². The van der Waals surface area contributed by atoms with Crippen LogP contribution >= 0.6 is 0 Å². The molecule has 0 aromatic heterocycles. The third-order valence-electron chi connectivity index (χ3n) is 2.53. The van der Waals surface area contributed by atoms with Crippen molar-refractivity contribution < 1.29 is 19.0 Å². The second kappa shape index (κ2) is 4.63. The Morgan fingerprint density at radius 1 is 1.41 bits per heavy atom. The zero-order valence-electron chi connectivity index (χ0n) is 9.86. The molecule has 1 aromatic rings. The molecule has 0 spiro atoms. The van der Waals surface area contributed by atoms with E-state index in [0.29, 0.717) is 36.0 Å². The largest absolute Gasteiger partial charge is 0.493 e. The summed E-state index contributed by atoms with van der Waals surface area (Å²) in [6, 6.07) is 2.71. The molecule has 0 bridgehead atoms. The summed E-state index contributed by atoms with van der Waals surface area (Å²) in [5, 5.41) is 0. The van der Waals surface area contributed by atoms with Crippen LogP contribution in [0.25, 0.3) is 0 Å². The number of methoxy groups -OCH3 is 1. The first kappa shape index (κ1) is 11.7. The summed E-state index contributed by atoms with van der Waals surface area (Å²) >= 11 is 0. The number of ether oxygens (including phenoxy) is 3. The first-order valence-electron chi connectivity index (χ1n) is 5.41. The molecule has 0 aliphatic carbocycles. The normalized spacial score (nSPS) is 15.2. The highest BCUT2D eigenvalue weighted by Crippen LogP contribution is 2.40. The van der Waals surface area contributed by atoms with Gasteiger partial charge in [0, 0.05) is 5.56 Å². The van der Waals surface area contributed by atoms with Crippen LogP contribution < -0.4 is 19.9 Å². The number of carbonyl (C=O) groups is 1. The Bertz CT molecular complexity index is 425. The molecule has 0 amide bonds. The van der Waals surface area contributed by atoms with E-state index in [9.17, 15) is 4.79 Å². The summed E-state index contributed by atoms with van der Waals surface area (Å²) in [5.74, 6) is 1.41. The van der Waals surface area contributed by atoms with Gasteiger partial charge in [0.1, 0.15) is 13.2 Å². The van der Waals surface area contributed by atoms with E-state index < -0.39 is 6.04 Å². The minimum absolute atomic E-state index is 0.153. The van der Waals surface area contributed by atoms with Crippen LogP contribution in [0, 0.1) is 0 Å². The summed E-state index contributed by atoms with van der Waals surface area (Å²) in [7, 11) is 1.52. The molecule has 1 aromatic carbocycles. The maximum absolute atomic E-state index is 11.8. The Kier molecular flexibility index (Phi) is 3.19. The fraction of sp³-hybridized carbons (Fsp3) is 0.417. The smallest absolute Gasteiger partial charge is 0.203 e. The Morgan fingerprint density at radius 3 is 2.76 bits per heavy atom. The van der Waals surface area contributed by atoms with E-state index in [1.54, 1.807) is 19.1 Å². The molecule has 17 heavy (non-hydrogen) atoms. The van der Waals surface area contributed by atoms with Crippen LogP contribution in [0.15, 0.2) is 12.1 Å². The van der Waals surface area contributed by atoms with Crippen molar-refractivity contribution in [3.05, 3.63) is 17.7 Å². The topological polar surface area (TPSA) is 70.8 Å². The lowest BCUT2D eigenvalue weighted by atomic mass is 10.0. The third kappa shape index (κ3) is 2.19. The number of hydrogen-bond donors (Lipinski definition) is 1. The van der Waals surface area contributed by atoms with Crippen molar-refractivity contribution in [2.24, 2.45) is 5.73 Å². The van der Waals surface area contributed by atoms with E-state index in [1.807, 2.05) is 0 Å². The van der Waals surface area contributed by atoms with Crippen LogP contribution in [0.2, 0.25) is 0 Å². The van der Waals surface area contributed by atoms with Gasteiger partial charge in [0.2, 0.25) is 5.75 Å². The molecule has 2 rings (SSSR count). The molecule has 92 valence electrons. The Labute approximate surface area is 99.5 Å². The number of ketones is 1. The molecular formula is C12H15NO4. The molecule has 2 N–H and O–H groups in total. The van der Waals surface area contributed by atoms with E-state index in [-0.39, 0.29) is 5.78 Å². The first-order chi connectivity index (χ1) is 8.13. The molecule has 1 heterocycles. The summed E-state index contributed by atoms with van der Waals surface area (Å²) in [5.41, 5.74) is 6.05. The standard InChI is InChI=1S/C12H15NO4/c1-7(13)11(14)8-5-9(15-2)12-10(6-8)16-3-4-17-12/h5-7H,3-4,13H2,1-2H3. The van der Waals surface area contributed by atoms with Gasteiger partial charge in [-0.05, 0) is 19.1 Å². The average molecular weight is 237 g/mol. The van der Waals surface area contributed by atoms with Gasteiger partial charge in [0.05, 0.1) is 13.2 Å². The Morgan fingerprint density at radius 2 is 2.12 bits per heavy atom. The van der Waals surface area contributed by atoms with Gasteiger partial charge in [0.15, 0.2) is 17.3 Å². The van der Waals surface area contributed by atoms with Gasteiger partial charge in [-0.3, -0.25) is 4.79 Å². The molecule has 0 radical (unpaired) electrons. The Balaban J connectivity index is 2.46. The lowest BCUT2D eigenvalue weighted by Crippen LogP contribution is -2.27. The number of carbonyl (C=O) groups excluding carboxylic acids is 1. The molecule has 0 fully saturated rings. The van der Waals surface area contributed by atoms with E-state index in [1.165, 1.54) is 7.11 Å². The summed E-state index contributed by atoms with van der Waals surface area (Å²) in [6.45, 7) is 2.58. The third-order valence-corrected chi connectivity index (χ3v) is 2.53. The minimum Gasteiger partial charge on any atom is -0.493 e. The van der Waals surface area contributed by atoms with Crippen LogP contribution in [-0.2, 0) is 0 Å². The molecule has 1 unspecified atom stereocenters. The van der Waals surface area contributed by atoms with Gasteiger partial charge in [-0.1, -0.05) is 0 Å². The molecule has 1 atom stereocenters. The maximum Gasteiger partial charge on any atom is 0.203 e. The van der Waals surface area contributed by atoms with Crippen molar-refractivity contribution in [2.75, 3.05) is 20.3 Å². The summed E-state index contributed by atoms with van der Waals surface area (Å²) in [6.07, 6.45) is 0. The molecular weight excluding hydrogens is 222 g/mol. The monoisotopic (exact) mass is 237 g/mol. The van der Waals surface area contributed by atoms with Crippen LogP contribution in [0.3, 0.4) is 0 Å². The van der Waals surface area contributed by atoms with Crippen molar-refractivity contribution >= 4 is 5.78 Å². The van der Waals surface area contributed by atoms with Gasteiger partial charge < -0.3 is 19.9 Å². The van der Waals surface area contributed by atoms with Crippen molar-refractivity contribution in [1.29, 1.82) is 0 Å². The van der Waals surface area contributed by atoms with Gasteiger partial charge >= 0.3 is 0 Å².